The molecule has 2 rings (SSSR count). The molecule has 1 N–H and O–H groups in total. The zero-order valence-corrected chi connectivity index (χ0v) is 13.5. The number of aromatic nitrogens is 1. The van der Waals surface area contributed by atoms with Gasteiger partial charge in [0.15, 0.2) is 0 Å². The monoisotopic (exact) mass is 310 g/mol. The first-order chi connectivity index (χ1) is 9.56. The van der Waals surface area contributed by atoms with E-state index in [9.17, 15) is 0 Å². The van der Waals surface area contributed by atoms with Crippen molar-refractivity contribution in [3.63, 3.8) is 0 Å². The van der Waals surface area contributed by atoms with Crippen molar-refractivity contribution in [2.75, 3.05) is 0 Å². The Morgan fingerprint density at radius 3 is 2.85 bits per heavy atom. The Hall–Kier alpha value is -1.10. The van der Waals surface area contributed by atoms with Gasteiger partial charge < -0.3 is 10.1 Å². The molecule has 1 aromatic carbocycles. The molecule has 0 spiro atoms. The molecule has 108 valence electrons. The summed E-state index contributed by atoms with van der Waals surface area (Å²) in [4.78, 5) is 4.39. The number of para-hydroxylation sites is 1. The van der Waals surface area contributed by atoms with Crippen LogP contribution in [0, 0.1) is 6.92 Å². The van der Waals surface area contributed by atoms with Crippen LogP contribution in [0.3, 0.4) is 0 Å². The lowest BCUT2D eigenvalue weighted by Gasteiger charge is -2.14. The minimum absolute atomic E-state index is 0.420. The Morgan fingerprint density at radius 1 is 1.40 bits per heavy atom. The van der Waals surface area contributed by atoms with Crippen LogP contribution >= 0.6 is 22.9 Å². The van der Waals surface area contributed by atoms with Gasteiger partial charge in [0.2, 0.25) is 0 Å². The van der Waals surface area contributed by atoms with Gasteiger partial charge in [-0.1, -0.05) is 37.6 Å². The molecule has 0 aliphatic heterocycles. The van der Waals surface area contributed by atoms with Crippen molar-refractivity contribution < 1.29 is 4.74 Å². The Kier molecular flexibility index (Phi) is 5.40. The molecular weight excluding hydrogens is 292 g/mol. The number of hydrogen-bond acceptors (Lipinski definition) is 4. The van der Waals surface area contributed by atoms with Gasteiger partial charge in [0, 0.05) is 29.2 Å². The molecule has 0 aliphatic carbocycles. The molecule has 0 radical (unpaired) electrons. The van der Waals surface area contributed by atoms with Gasteiger partial charge >= 0.3 is 0 Å². The van der Waals surface area contributed by atoms with E-state index in [1.807, 2.05) is 30.5 Å². The molecule has 0 saturated carbocycles. The number of benzene rings is 1. The standard InChI is InChI=1S/C15H19ClN2OS/c1-10(2)17-7-12-5-4-6-13(16)15(12)19-8-14-18-11(3)9-20-14/h4-6,9-10,17H,7-8H2,1-3H3. The van der Waals surface area contributed by atoms with E-state index in [0.717, 1.165) is 28.6 Å². The van der Waals surface area contributed by atoms with Crippen LogP contribution in [0.1, 0.15) is 30.1 Å². The fourth-order valence-corrected chi connectivity index (χ4v) is 2.70. The zero-order chi connectivity index (χ0) is 14.5. The van der Waals surface area contributed by atoms with Crippen molar-refractivity contribution in [2.24, 2.45) is 0 Å². The Labute approximate surface area is 129 Å². The quantitative estimate of drug-likeness (QED) is 0.869. The molecule has 0 fully saturated rings. The minimum atomic E-state index is 0.420. The summed E-state index contributed by atoms with van der Waals surface area (Å²) in [5.74, 6) is 0.746. The van der Waals surface area contributed by atoms with Crippen LogP contribution in [0.5, 0.6) is 5.75 Å². The Morgan fingerprint density at radius 2 is 2.20 bits per heavy atom. The summed E-state index contributed by atoms with van der Waals surface area (Å²) in [5, 5.41) is 7.00. The van der Waals surface area contributed by atoms with Crippen molar-refractivity contribution in [2.45, 2.75) is 40.0 Å². The smallest absolute Gasteiger partial charge is 0.143 e. The molecule has 2 aromatic rings. The largest absolute Gasteiger partial charge is 0.485 e. The lowest BCUT2D eigenvalue weighted by Crippen LogP contribution is -2.22. The zero-order valence-electron chi connectivity index (χ0n) is 11.9. The van der Waals surface area contributed by atoms with Crippen molar-refractivity contribution in [1.82, 2.24) is 10.3 Å². The highest BCUT2D eigenvalue weighted by atomic mass is 35.5. The maximum absolute atomic E-state index is 6.25. The predicted octanol–water partition coefficient (Wildman–Crippen LogP) is 4.18. The van der Waals surface area contributed by atoms with Gasteiger partial charge in [-0.25, -0.2) is 4.98 Å². The second-order valence-corrected chi connectivity index (χ2v) is 6.28. The third-order valence-corrected chi connectivity index (χ3v) is 3.99. The number of halogens is 1. The summed E-state index contributed by atoms with van der Waals surface area (Å²) < 4.78 is 5.88. The highest BCUT2D eigenvalue weighted by Gasteiger charge is 2.10. The first kappa shape index (κ1) is 15.3. The second-order valence-electron chi connectivity index (χ2n) is 4.93. The van der Waals surface area contributed by atoms with Crippen LogP contribution in [0.15, 0.2) is 23.6 Å². The molecule has 5 heteroatoms. The number of nitrogens with zero attached hydrogens (tertiary/aromatic N) is 1. The lowest BCUT2D eigenvalue weighted by molar-refractivity contribution is 0.301. The van der Waals surface area contributed by atoms with Gasteiger partial charge in [-0.2, -0.15) is 0 Å². The van der Waals surface area contributed by atoms with E-state index < -0.39 is 0 Å². The molecule has 0 aliphatic rings. The lowest BCUT2D eigenvalue weighted by atomic mass is 10.2. The Bertz CT molecular complexity index is 569. The number of rotatable bonds is 6. The van der Waals surface area contributed by atoms with Gasteiger partial charge in [0.25, 0.3) is 0 Å². The maximum atomic E-state index is 6.25. The molecule has 3 nitrogen and oxygen atoms in total. The van der Waals surface area contributed by atoms with Gasteiger partial charge in [0.1, 0.15) is 17.4 Å². The topological polar surface area (TPSA) is 34.1 Å². The molecule has 0 saturated heterocycles. The SMILES string of the molecule is Cc1csc(COc2c(Cl)cccc2CNC(C)C)n1. The van der Waals surface area contributed by atoms with Crippen LogP contribution < -0.4 is 10.1 Å². The van der Waals surface area contributed by atoms with E-state index in [-0.39, 0.29) is 0 Å². The van der Waals surface area contributed by atoms with Gasteiger partial charge in [-0.3, -0.25) is 0 Å². The molecule has 20 heavy (non-hydrogen) atoms. The predicted molar refractivity (Wildman–Crippen MR) is 84.6 cm³/mol. The summed E-state index contributed by atoms with van der Waals surface area (Å²) in [5.41, 5.74) is 2.09. The molecule has 1 aromatic heterocycles. The highest BCUT2D eigenvalue weighted by molar-refractivity contribution is 7.09. The maximum Gasteiger partial charge on any atom is 0.143 e. The number of thiazole rings is 1. The van der Waals surface area contributed by atoms with Crippen molar-refractivity contribution in [1.29, 1.82) is 0 Å². The second kappa shape index (κ2) is 7.07. The van der Waals surface area contributed by atoms with Crippen molar-refractivity contribution >= 4 is 22.9 Å². The number of aryl methyl sites for hydroxylation is 1. The van der Waals surface area contributed by atoms with Crippen molar-refractivity contribution in [3.8, 4) is 5.75 Å². The van der Waals surface area contributed by atoms with Gasteiger partial charge in [-0.15, -0.1) is 11.3 Å². The van der Waals surface area contributed by atoms with Crippen LogP contribution in [0.25, 0.3) is 0 Å². The first-order valence-corrected chi connectivity index (χ1v) is 7.86. The molecular formula is C15H19ClN2OS. The minimum Gasteiger partial charge on any atom is -0.485 e. The van der Waals surface area contributed by atoms with Crippen LogP contribution in [0.4, 0.5) is 0 Å². The molecule has 0 amide bonds. The van der Waals surface area contributed by atoms with E-state index in [1.165, 1.54) is 0 Å². The molecule has 1 heterocycles. The van der Waals surface area contributed by atoms with Crippen LogP contribution in [-0.4, -0.2) is 11.0 Å². The van der Waals surface area contributed by atoms with E-state index in [2.05, 4.69) is 24.1 Å². The first-order valence-electron chi connectivity index (χ1n) is 6.61. The number of ether oxygens (including phenoxy) is 1. The Balaban J connectivity index is 2.08. The summed E-state index contributed by atoms with van der Waals surface area (Å²) in [7, 11) is 0. The van der Waals surface area contributed by atoms with Crippen molar-refractivity contribution in [3.05, 3.63) is 44.9 Å². The van der Waals surface area contributed by atoms with Crippen LogP contribution in [0.2, 0.25) is 5.02 Å². The highest BCUT2D eigenvalue weighted by Crippen LogP contribution is 2.29. The number of nitrogens with one attached hydrogen (secondary N) is 1. The summed E-state index contributed by atoms with van der Waals surface area (Å²) in [6.07, 6.45) is 0. The molecule has 0 bridgehead atoms. The fraction of sp³-hybridized carbons (Fsp3) is 0.400. The third-order valence-electron chi connectivity index (χ3n) is 2.76. The average molecular weight is 311 g/mol. The molecule has 0 atom stereocenters. The van der Waals surface area contributed by atoms with E-state index >= 15 is 0 Å². The summed E-state index contributed by atoms with van der Waals surface area (Å²) in [6, 6.07) is 6.25. The normalized spacial score (nSPS) is 11.1. The van der Waals surface area contributed by atoms with Gasteiger partial charge in [0.05, 0.1) is 5.02 Å². The fourth-order valence-electron chi connectivity index (χ4n) is 1.77. The van der Waals surface area contributed by atoms with Crippen LogP contribution in [-0.2, 0) is 13.2 Å². The third kappa shape index (κ3) is 4.20. The summed E-state index contributed by atoms with van der Waals surface area (Å²) in [6.45, 7) is 7.40. The average Bonchev–Trinajstić information content (AvgIpc) is 2.81. The summed E-state index contributed by atoms with van der Waals surface area (Å²) >= 11 is 7.85. The number of hydrogen-bond donors (Lipinski definition) is 1. The molecule has 0 unspecified atom stereocenters. The van der Waals surface area contributed by atoms with E-state index in [0.29, 0.717) is 17.7 Å². The van der Waals surface area contributed by atoms with Gasteiger partial charge in [-0.05, 0) is 13.0 Å². The van der Waals surface area contributed by atoms with E-state index in [1.54, 1.807) is 11.3 Å². The van der Waals surface area contributed by atoms with E-state index in [4.69, 9.17) is 16.3 Å².